The highest BCUT2D eigenvalue weighted by Crippen LogP contribution is 2.10. The maximum Gasteiger partial charge on any atom is 0.148 e. The van der Waals surface area contributed by atoms with Crippen molar-refractivity contribution in [3.05, 3.63) is 30.5 Å². The van der Waals surface area contributed by atoms with Crippen molar-refractivity contribution in [1.29, 1.82) is 0 Å². The normalized spacial score (nSPS) is 10.2. The number of para-hydroxylation sites is 2. The number of hydrogen-bond donors (Lipinski definition) is 1. The number of carbonyl (C=O) groups excluding carboxylic acids is 1. The van der Waals surface area contributed by atoms with E-state index in [0.717, 1.165) is 11.0 Å². The zero-order chi connectivity index (χ0) is 10.7. The van der Waals surface area contributed by atoms with Crippen LogP contribution in [-0.4, -0.2) is 22.3 Å². The van der Waals surface area contributed by atoms with E-state index in [4.69, 9.17) is 0 Å². The molecule has 0 unspecified atom stereocenters. The first-order chi connectivity index (χ1) is 7.25. The molecule has 2 rings (SSSR count). The Labute approximate surface area is 87.4 Å². The van der Waals surface area contributed by atoms with Gasteiger partial charge in [-0.3, -0.25) is 9.78 Å². The van der Waals surface area contributed by atoms with Crippen LogP contribution in [0.25, 0.3) is 11.0 Å². The summed E-state index contributed by atoms with van der Waals surface area (Å²) in [6, 6.07) is 7.61. The van der Waals surface area contributed by atoms with Crippen molar-refractivity contribution >= 4 is 22.6 Å². The summed E-state index contributed by atoms with van der Waals surface area (Å²) in [7, 11) is 0. The van der Waals surface area contributed by atoms with Gasteiger partial charge in [0, 0.05) is 0 Å². The molecule has 1 N–H and O–H groups in total. The lowest BCUT2D eigenvalue weighted by Gasteiger charge is -2.03. The fourth-order valence-corrected chi connectivity index (χ4v) is 1.26. The number of rotatable bonds is 3. The molecule has 2 aromatic rings. The summed E-state index contributed by atoms with van der Waals surface area (Å²) in [6.07, 6.45) is 1.63. The zero-order valence-corrected chi connectivity index (χ0v) is 8.40. The predicted octanol–water partition coefficient (Wildman–Crippen LogP) is 1.63. The molecule has 76 valence electrons. The van der Waals surface area contributed by atoms with Crippen molar-refractivity contribution < 1.29 is 4.79 Å². The molecular weight excluding hydrogens is 190 g/mol. The summed E-state index contributed by atoms with van der Waals surface area (Å²) in [5, 5.41) is 2.91. The third kappa shape index (κ3) is 2.28. The summed E-state index contributed by atoms with van der Waals surface area (Å²) in [4.78, 5) is 19.3. The van der Waals surface area contributed by atoms with Gasteiger partial charge in [0.05, 0.1) is 23.8 Å². The monoisotopic (exact) mass is 201 g/mol. The first kappa shape index (κ1) is 9.58. The fraction of sp³-hybridized carbons (Fsp3) is 0.182. The summed E-state index contributed by atoms with van der Waals surface area (Å²) >= 11 is 0. The third-order valence-electron chi connectivity index (χ3n) is 1.97. The molecule has 0 aliphatic rings. The molecule has 0 aliphatic carbocycles. The molecule has 1 aromatic carbocycles. The summed E-state index contributed by atoms with van der Waals surface area (Å²) in [5.74, 6) is 0.703. The number of nitrogens with one attached hydrogen (secondary N) is 1. The maximum atomic E-state index is 10.8. The summed E-state index contributed by atoms with van der Waals surface area (Å²) in [5.41, 5.74) is 1.68. The van der Waals surface area contributed by atoms with Crippen LogP contribution in [0.15, 0.2) is 30.5 Å². The van der Waals surface area contributed by atoms with Crippen LogP contribution in [0.2, 0.25) is 0 Å². The van der Waals surface area contributed by atoms with E-state index in [2.05, 4.69) is 15.3 Å². The molecule has 4 nitrogen and oxygen atoms in total. The van der Waals surface area contributed by atoms with Crippen molar-refractivity contribution in [3.8, 4) is 0 Å². The lowest BCUT2D eigenvalue weighted by Crippen LogP contribution is -2.11. The van der Waals surface area contributed by atoms with Gasteiger partial charge in [0.25, 0.3) is 0 Å². The van der Waals surface area contributed by atoms with E-state index >= 15 is 0 Å². The van der Waals surface area contributed by atoms with Gasteiger partial charge in [-0.25, -0.2) is 4.98 Å². The Morgan fingerprint density at radius 3 is 2.80 bits per heavy atom. The van der Waals surface area contributed by atoms with Gasteiger partial charge in [-0.05, 0) is 19.1 Å². The molecule has 15 heavy (non-hydrogen) atoms. The molecule has 1 heterocycles. The topological polar surface area (TPSA) is 54.9 Å². The number of carbonyl (C=O) groups is 1. The van der Waals surface area contributed by atoms with Crippen molar-refractivity contribution in [2.45, 2.75) is 6.92 Å². The van der Waals surface area contributed by atoms with Crippen LogP contribution >= 0.6 is 0 Å². The number of Topliss-reactive ketones (excluding diaryl/α,β-unsaturated/α-hetero) is 1. The van der Waals surface area contributed by atoms with Crippen LogP contribution in [0.5, 0.6) is 0 Å². The molecule has 0 radical (unpaired) electrons. The second-order valence-electron chi connectivity index (χ2n) is 3.30. The van der Waals surface area contributed by atoms with E-state index in [-0.39, 0.29) is 12.3 Å². The number of fused-ring (bicyclic) bond motifs is 1. The second kappa shape index (κ2) is 4.04. The summed E-state index contributed by atoms with van der Waals surface area (Å²) < 4.78 is 0. The van der Waals surface area contributed by atoms with Gasteiger partial charge in [-0.1, -0.05) is 12.1 Å². The minimum Gasteiger partial charge on any atom is -0.362 e. The lowest BCUT2D eigenvalue weighted by molar-refractivity contribution is -0.115. The van der Waals surface area contributed by atoms with E-state index in [0.29, 0.717) is 5.82 Å². The van der Waals surface area contributed by atoms with Crippen molar-refractivity contribution in [2.24, 2.45) is 0 Å². The molecule has 0 aliphatic heterocycles. The largest absolute Gasteiger partial charge is 0.362 e. The van der Waals surface area contributed by atoms with E-state index in [1.165, 1.54) is 6.92 Å². The minimum absolute atomic E-state index is 0.0740. The number of hydrogen-bond acceptors (Lipinski definition) is 4. The smallest absolute Gasteiger partial charge is 0.148 e. The lowest BCUT2D eigenvalue weighted by atomic mass is 10.3. The Hall–Kier alpha value is -1.97. The molecule has 4 heteroatoms. The van der Waals surface area contributed by atoms with Crippen LogP contribution in [-0.2, 0) is 4.79 Å². The summed E-state index contributed by atoms with van der Waals surface area (Å²) in [6.45, 7) is 1.81. The Bertz CT molecular complexity index is 496. The van der Waals surface area contributed by atoms with Crippen LogP contribution in [0.3, 0.4) is 0 Å². The molecule has 0 fully saturated rings. The molecule has 0 saturated heterocycles. The molecule has 0 bridgehead atoms. The molecule has 0 spiro atoms. The first-order valence-electron chi connectivity index (χ1n) is 4.71. The van der Waals surface area contributed by atoms with Crippen LogP contribution < -0.4 is 5.32 Å². The maximum absolute atomic E-state index is 10.8. The Balaban J connectivity index is 2.26. The van der Waals surface area contributed by atoms with Gasteiger partial charge >= 0.3 is 0 Å². The molecular formula is C11H11N3O. The van der Waals surface area contributed by atoms with Crippen molar-refractivity contribution in [2.75, 3.05) is 11.9 Å². The van der Waals surface area contributed by atoms with E-state index in [1.54, 1.807) is 6.20 Å². The van der Waals surface area contributed by atoms with Crippen LogP contribution in [0, 0.1) is 0 Å². The van der Waals surface area contributed by atoms with Gasteiger partial charge < -0.3 is 5.32 Å². The standard InChI is InChI=1S/C11H11N3O/c1-8(15)6-13-11-7-12-9-4-2-3-5-10(9)14-11/h2-5,7H,6H2,1H3,(H,13,14). The number of nitrogens with zero attached hydrogens (tertiary/aromatic N) is 2. The number of benzene rings is 1. The number of ketones is 1. The van der Waals surface area contributed by atoms with E-state index < -0.39 is 0 Å². The first-order valence-corrected chi connectivity index (χ1v) is 4.71. The average molecular weight is 201 g/mol. The average Bonchev–Trinajstić information content (AvgIpc) is 2.26. The SMILES string of the molecule is CC(=O)CNc1cnc2ccccc2n1. The fourth-order valence-electron chi connectivity index (χ4n) is 1.26. The number of aromatic nitrogens is 2. The van der Waals surface area contributed by atoms with Crippen LogP contribution in [0.4, 0.5) is 5.82 Å². The van der Waals surface area contributed by atoms with Gasteiger partial charge in [-0.15, -0.1) is 0 Å². The van der Waals surface area contributed by atoms with E-state index in [9.17, 15) is 4.79 Å². The van der Waals surface area contributed by atoms with Crippen LogP contribution in [0.1, 0.15) is 6.92 Å². The molecule has 1 aromatic heterocycles. The quantitative estimate of drug-likeness (QED) is 0.820. The molecule has 0 amide bonds. The van der Waals surface area contributed by atoms with Crippen molar-refractivity contribution in [3.63, 3.8) is 0 Å². The zero-order valence-electron chi connectivity index (χ0n) is 8.40. The molecule has 0 saturated carbocycles. The van der Waals surface area contributed by atoms with Gasteiger partial charge in [0.2, 0.25) is 0 Å². The third-order valence-corrected chi connectivity index (χ3v) is 1.97. The minimum atomic E-state index is 0.0740. The highest BCUT2D eigenvalue weighted by Gasteiger charge is 1.99. The van der Waals surface area contributed by atoms with Crippen molar-refractivity contribution in [1.82, 2.24) is 9.97 Å². The predicted molar refractivity (Wildman–Crippen MR) is 58.7 cm³/mol. The van der Waals surface area contributed by atoms with Gasteiger partial charge in [0.15, 0.2) is 0 Å². The number of anilines is 1. The highest BCUT2D eigenvalue weighted by molar-refractivity contribution is 5.80. The Morgan fingerprint density at radius 1 is 1.33 bits per heavy atom. The molecule has 0 atom stereocenters. The highest BCUT2D eigenvalue weighted by atomic mass is 16.1. The van der Waals surface area contributed by atoms with E-state index in [1.807, 2.05) is 24.3 Å². The Kier molecular flexibility index (Phi) is 2.58. The van der Waals surface area contributed by atoms with Gasteiger partial charge in [0.1, 0.15) is 11.6 Å². The van der Waals surface area contributed by atoms with Gasteiger partial charge in [-0.2, -0.15) is 0 Å². The Morgan fingerprint density at radius 2 is 2.07 bits per heavy atom. The second-order valence-corrected chi connectivity index (χ2v) is 3.30.